The highest BCUT2D eigenvalue weighted by Gasteiger charge is 2.25. The zero-order chi connectivity index (χ0) is 17.6. The van der Waals surface area contributed by atoms with Gasteiger partial charge < -0.3 is 10.5 Å². The number of hydrogen-bond acceptors (Lipinski definition) is 5. The molecule has 24 heavy (non-hydrogen) atoms. The SMILES string of the molecule is COc1ccc(S(=O)(=O)n2c(=O)n(C)c3ccc(N)cc32)cc1C. The molecular formula is C16H17N3O4S. The van der Waals surface area contributed by atoms with Crippen LogP contribution in [0.5, 0.6) is 5.75 Å². The second-order valence-corrected chi connectivity index (χ2v) is 7.28. The van der Waals surface area contributed by atoms with Gasteiger partial charge in [-0.15, -0.1) is 0 Å². The third-order valence-corrected chi connectivity index (χ3v) is 5.63. The van der Waals surface area contributed by atoms with E-state index in [-0.39, 0.29) is 10.4 Å². The number of imidazole rings is 1. The predicted octanol–water partition coefficient (Wildman–Crippen LogP) is 1.48. The molecule has 1 heterocycles. The second-order valence-electron chi connectivity index (χ2n) is 5.49. The fourth-order valence-corrected chi connectivity index (χ4v) is 4.19. The Labute approximate surface area is 138 Å². The first-order valence-electron chi connectivity index (χ1n) is 7.14. The van der Waals surface area contributed by atoms with Crippen LogP contribution in [0.15, 0.2) is 46.1 Å². The second kappa shape index (κ2) is 5.41. The molecule has 3 aromatic rings. The van der Waals surface area contributed by atoms with Crippen molar-refractivity contribution < 1.29 is 13.2 Å². The minimum Gasteiger partial charge on any atom is -0.496 e. The van der Waals surface area contributed by atoms with Gasteiger partial charge in [0.2, 0.25) is 0 Å². The van der Waals surface area contributed by atoms with E-state index in [1.807, 2.05) is 0 Å². The fraction of sp³-hybridized carbons (Fsp3) is 0.188. The smallest absolute Gasteiger partial charge is 0.343 e. The van der Waals surface area contributed by atoms with Crippen LogP contribution in [0.2, 0.25) is 0 Å². The summed E-state index contributed by atoms with van der Waals surface area (Å²) in [7, 11) is -1.04. The minimum absolute atomic E-state index is 0.0119. The van der Waals surface area contributed by atoms with E-state index in [4.69, 9.17) is 10.5 Å². The Bertz CT molecular complexity index is 1110. The van der Waals surface area contributed by atoms with E-state index >= 15 is 0 Å². The summed E-state index contributed by atoms with van der Waals surface area (Å²) in [5.74, 6) is 0.573. The summed E-state index contributed by atoms with van der Waals surface area (Å²) in [6, 6.07) is 9.18. The highest BCUT2D eigenvalue weighted by Crippen LogP contribution is 2.25. The third-order valence-electron chi connectivity index (χ3n) is 3.94. The number of anilines is 1. The molecule has 1 aromatic heterocycles. The number of rotatable bonds is 3. The molecule has 0 fully saturated rings. The lowest BCUT2D eigenvalue weighted by Gasteiger charge is -2.09. The molecule has 3 rings (SSSR count). The Morgan fingerprint density at radius 1 is 1.08 bits per heavy atom. The normalized spacial score (nSPS) is 11.8. The maximum absolute atomic E-state index is 13.0. The fourth-order valence-electron chi connectivity index (χ4n) is 2.68. The summed E-state index contributed by atoms with van der Waals surface area (Å²) in [6.07, 6.45) is 0. The van der Waals surface area contributed by atoms with Crippen molar-refractivity contribution in [1.82, 2.24) is 8.54 Å². The molecule has 0 aliphatic carbocycles. The maximum Gasteiger partial charge on any atom is 0.343 e. The standard InChI is InChI=1S/C16H17N3O4S/c1-10-8-12(5-7-15(10)23-3)24(21,22)19-14-9-11(17)4-6-13(14)18(2)16(19)20/h4-9H,17H2,1-3H3. The van der Waals surface area contributed by atoms with Gasteiger partial charge in [-0.3, -0.25) is 4.57 Å². The van der Waals surface area contributed by atoms with Crippen molar-refractivity contribution in [1.29, 1.82) is 0 Å². The summed E-state index contributed by atoms with van der Waals surface area (Å²) in [6.45, 7) is 1.74. The van der Waals surface area contributed by atoms with Gasteiger partial charge in [-0.05, 0) is 48.9 Å². The van der Waals surface area contributed by atoms with Crippen LogP contribution in [0.1, 0.15) is 5.56 Å². The lowest BCUT2D eigenvalue weighted by atomic mass is 10.2. The summed E-state index contributed by atoms with van der Waals surface area (Å²) in [4.78, 5) is 12.5. The van der Waals surface area contributed by atoms with Crippen LogP contribution in [0.3, 0.4) is 0 Å². The van der Waals surface area contributed by atoms with E-state index < -0.39 is 15.7 Å². The Hall–Kier alpha value is -2.74. The molecule has 7 nitrogen and oxygen atoms in total. The third kappa shape index (κ3) is 2.26. The molecule has 0 saturated carbocycles. The molecule has 0 amide bonds. The first kappa shape index (κ1) is 16.1. The Morgan fingerprint density at radius 3 is 2.42 bits per heavy atom. The molecule has 0 bridgehead atoms. The van der Waals surface area contributed by atoms with Gasteiger partial charge in [-0.2, -0.15) is 3.97 Å². The number of benzene rings is 2. The van der Waals surface area contributed by atoms with Crippen LogP contribution >= 0.6 is 0 Å². The van der Waals surface area contributed by atoms with Crippen LogP contribution < -0.4 is 16.2 Å². The molecule has 2 aromatic carbocycles. The molecule has 0 saturated heterocycles. The first-order chi connectivity index (χ1) is 11.3. The molecule has 0 spiro atoms. The summed E-state index contributed by atoms with van der Waals surface area (Å²) in [5.41, 5.74) is 6.88. The van der Waals surface area contributed by atoms with Crippen LogP contribution in [0.25, 0.3) is 11.0 Å². The minimum atomic E-state index is -4.07. The van der Waals surface area contributed by atoms with Crippen LogP contribution in [-0.2, 0) is 17.1 Å². The summed E-state index contributed by atoms with van der Waals surface area (Å²) >= 11 is 0. The summed E-state index contributed by atoms with van der Waals surface area (Å²) in [5, 5.41) is 0. The number of nitrogens with two attached hydrogens (primary N) is 1. The number of nitrogens with zero attached hydrogens (tertiary/aromatic N) is 2. The Morgan fingerprint density at radius 2 is 1.79 bits per heavy atom. The van der Waals surface area contributed by atoms with E-state index in [2.05, 4.69) is 0 Å². The lowest BCUT2D eigenvalue weighted by molar-refractivity contribution is 0.411. The maximum atomic E-state index is 13.0. The van der Waals surface area contributed by atoms with Gasteiger partial charge in [0.25, 0.3) is 10.0 Å². The van der Waals surface area contributed by atoms with Crippen molar-refractivity contribution in [3.05, 3.63) is 52.4 Å². The van der Waals surface area contributed by atoms with Crippen molar-refractivity contribution in [2.24, 2.45) is 7.05 Å². The highest BCUT2D eigenvalue weighted by atomic mass is 32.2. The zero-order valence-electron chi connectivity index (χ0n) is 13.5. The van der Waals surface area contributed by atoms with E-state index in [0.717, 1.165) is 3.97 Å². The highest BCUT2D eigenvalue weighted by molar-refractivity contribution is 7.90. The first-order valence-corrected chi connectivity index (χ1v) is 8.58. The van der Waals surface area contributed by atoms with Crippen molar-refractivity contribution >= 4 is 26.7 Å². The van der Waals surface area contributed by atoms with Gasteiger partial charge in [-0.25, -0.2) is 13.2 Å². The van der Waals surface area contributed by atoms with Gasteiger partial charge >= 0.3 is 5.69 Å². The average molecular weight is 347 g/mol. The predicted molar refractivity (Wildman–Crippen MR) is 91.9 cm³/mol. The van der Waals surface area contributed by atoms with Crippen molar-refractivity contribution in [2.75, 3.05) is 12.8 Å². The average Bonchev–Trinajstić information content (AvgIpc) is 2.78. The number of aromatic nitrogens is 2. The van der Waals surface area contributed by atoms with Crippen LogP contribution in [-0.4, -0.2) is 24.1 Å². The van der Waals surface area contributed by atoms with E-state index in [1.54, 1.807) is 25.1 Å². The largest absolute Gasteiger partial charge is 0.496 e. The molecular weight excluding hydrogens is 330 g/mol. The van der Waals surface area contributed by atoms with Gasteiger partial charge in [0, 0.05) is 12.7 Å². The molecule has 0 atom stereocenters. The van der Waals surface area contributed by atoms with Gasteiger partial charge in [-0.1, -0.05) is 0 Å². The number of ether oxygens (including phenoxy) is 1. The lowest BCUT2D eigenvalue weighted by Crippen LogP contribution is -2.28. The number of aryl methyl sites for hydroxylation is 2. The number of hydrogen-bond donors (Lipinski definition) is 1. The quantitative estimate of drug-likeness (QED) is 0.724. The van der Waals surface area contributed by atoms with Crippen molar-refractivity contribution in [3.63, 3.8) is 0 Å². The molecule has 0 aliphatic rings. The van der Waals surface area contributed by atoms with Crippen LogP contribution in [0.4, 0.5) is 5.69 Å². The van der Waals surface area contributed by atoms with E-state index in [9.17, 15) is 13.2 Å². The van der Waals surface area contributed by atoms with E-state index in [0.29, 0.717) is 22.5 Å². The Balaban J connectivity index is 2.34. The van der Waals surface area contributed by atoms with Crippen molar-refractivity contribution in [2.45, 2.75) is 11.8 Å². The zero-order valence-corrected chi connectivity index (χ0v) is 14.3. The monoisotopic (exact) mass is 347 g/mol. The van der Waals surface area contributed by atoms with Gasteiger partial charge in [0.05, 0.1) is 23.0 Å². The molecule has 126 valence electrons. The molecule has 0 radical (unpaired) electrons. The summed E-state index contributed by atoms with van der Waals surface area (Å²) < 4.78 is 33.2. The topological polar surface area (TPSA) is 96.3 Å². The van der Waals surface area contributed by atoms with Gasteiger partial charge in [0.15, 0.2) is 0 Å². The van der Waals surface area contributed by atoms with E-state index in [1.165, 1.54) is 36.9 Å². The Kier molecular flexibility index (Phi) is 3.64. The van der Waals surface area contributed by atoms with Crippen molar-refractivity contribution in [3.8, 4) is 5.75 Å². The molecule has 0 aliphatic heterocycles. The molecule has 2 N–H and O–H groups in total. The molecule has 0 unspecified atom stereocenters. The number of nitrogen functional groups attached to an aromatic ring is 1. The number of fused-ring (bicyclic) bond motifs is 1. The molecule has 8 heteroatoms. The van der Waals surface area contributed by atoms with Crippen LogP contribution in [0, 0.1) is 6.92 Å². The van der Waals surface area contributed by atoms with Gasteiger partial charge in [0.1, 0.15) is 5.75 Å². The number of methoxy groups -OCH3 is 1.